The van der Waals surface area contributed by atoms with Crippen molar-refractivity contribution in [3.8, 4) is 0 Å². The van der Waals surface area contributed by atoms with Gasteiger partial charge in [-0.15, -0.1) is 0 Å². The topological polar surface area (TPSA) is 70.7 Å². The lowest BCUT2D eigenvalue weighted by atomic mass is 9.95. The third kappa shape index (κ3) is 4.47. The van der Waals surface area contributed by atoms with Gasteiger partial charge < -0.3 is 16.0 Å². The fraction of sp³-hybridized carbons (Fsp3) is 0.579. The number of carbonyl (C=O) groups excluding carboxylic acids is 1. The number of amides is 1. The Balaban J connectivity index is 1.65. The molecular weight excluding hydrogens is 355 g/mol. The number of nitrogens with zero attached hydrogens (tertiary/aromatic N) is 2. The van der Waals surface area contributed by atoms with Crippen molar-refractivity contribution in [3.05, 3.63) is 34.6 Å². The fourth-order valence-electron chi connectivity index (χ4n) is 3.80. The second kappa shape index (κ2) is 8.25. The summed E-state index contributed by atoms with van der Waals surface area (Å²) >= 11 is 6.19. The maximum absolute atomic E-state index is 14.1. The van der Waals surface area contributed by atoms with Gasteiger partial charge in [-0.2, -0.15) is 0 Å². The van der Waals surface area contributed by atoms with E-state index in [1.165, 1.54) is 6.07 Å². The summed E-state index contributed by atoms with van der Waals surface area (Å²) in [5.41, 5.74) is 5.94. The van der Waals surface area contributed by atoms with Crippen molar-refractivity contribution in [1.82, 2.24) is 10.2 Å². The van der Waals surface area contributed by atoms with Gasteiger partial charge in [0.05, 0.1) is 0 Å². The van der Waals surface area contributed by atoms with Crippen molar-refractivity contribution < 1.29 is 9.18 Å². The Labute approximate surface area is 158 Å². The summed E-state index contributed by atoms with van der Waals surface area (Å²) in [5, 5.41) is 3.95. The van der Waals surface area contributed by atoms with Crippen molar-refractivity contribution in [2.75, 3.05) is 19.6 Å². The molecule has 3 unspecified atom stereocenters. The SMILES string of the molecule is CCN=C(NC1CC1c1c(F)cccc1Cl)N1CCCC(CC(N)=O)C1. The Hall–Kier alpha value is -1.82. The molecular formula is C19H26ClFN4O. The van der Waals surface area contributed by atoms with Crippen LogP contribution in [0, 0.1) is 11.7 Å². The predicted octanol–water partition coefficient (Wildman–Crippen LogP) is 2.89. The number of piperidine rings is 1. The van der Waals surface area contributed by atoms with Crippen LogP contribution in [0.4, 0.5) is 4.39 Å². The number of rotatable bonds is 5. The third-order valence-electron chi connectivity index (χ3n) is 5.09. The maximum atomic E-state index is 14.1. The summed E-state index contributed by atoms with van der Waals surface area (Å²) in [4.78, 5) is 18.0. The monoisotopic (exact) mass is 380 g/mol. The molecule has 0 spiro atoms. The van der Waals surface area contributed by atoms with Crippen LogP contribution in [-0.4, -0.2) is 42.4 Å². The van der Waals surface area contributed by atoms with Gasteiger partial charge in [-0.3, -0.25) is 9.79 Å². The van der Waals surface area contributed by atoms with E-state index < -0.39 is 0 Å². The molecule has 0 bridgehead atoms. The third-order valence-corrected chi connectivity index (χ3v) is 5.42. The first kappa shape index (κ1) is 19.0. The van der Waals surface area contributed by atoms with E-state index in [9.17, 15) is 9.18 Å². The molecule has 1 heterocycles. The van der Waals surface area contributed by atoms with E-state index in [4.69, 9.17) is 17.3 Å². The normalized spacial score (nSPS) is 25.9. The average molecular weight is 381 g/mol. The van der Waals surface area contributed by atoms with Crippen LogP contribution in [0.5, 0.6) is 0 Å². The number of nitrogens with two attached hydrogens (primary N) is 1. The highest BCUT2D eigenvalue weighted by Gasteiger charge is 2.42. The Morgan fingerprint density at radius 3 is 3.00 bits per heavy atom. The molecule has 1 aliphatic heterocycles. The minimum Gasteiger partial charge on any atom is -0.370 e. The second-order valence-corrected chi connectivity index (χ2v) is 7.56. The van der Waals surface area contributed by atoms with Crippen LogP contribution in [-0.2, 0) is 4.79 Å². The van der Waals surface area contributed by atoms with Gasteiger partial charge in [-0.1, -0.05) is 17.7 Å². The van der Waals surface area contributed by atoms with E-state index in [1.54, 1.807) is 12.1 Å². The van der Waals surface area contributed by atoms with Gasteiger partial charge in [0.1, 0.15) is 5.82 Å². The van der Waals surface area contributed by atoms with Crippen molar-refractivity contribution in [2.24, 2.45) is 16.6 Å². The summed E-state index contributed by atoms with van der Waals surface area (Å²) in [6.45, 7) is 4.33. The minimum atomic E-state index is -0.254. The van der Waals surface area contributed by atoms with Gasteiger partial charge in [-0.05, 0) is 44.2 Å². The summed E-state index contributed by atoms with van der Waals surface area (Å²) in [6.07, 6.45) is 3.26. The fourth-order valence-corrected chi connectivity index (χ4v) is 4.10. The molecule has 1 saturated heterocycles. The first-order valence-electron chi connectivity index (χ1n) is 9.27. The van der Waals surface area contributed by atoms with Crippen molar-refractivity contribution >= 4 is 23.5 Å². The number of hydrogen-bond donors (Lipinski definition) is 2. The zero-order chi connectivity index (χ0) is 18.7. The molecule has 3 rings (SSSR count). The summed E-state index contributed by atoms with van der Waals surface area (Å²) in [7, 11) is 0. The quantitative estimate of drug-likeness (QED) is 0.609. The number of primary amides is 1. The van der Waals surface area contributed by atoms with E-state index in [0.717, 1.165) is 38.3 Å². The Bertz CT molecular complexity index is 676. The number of likely N-dealkylation sites (tertiary alicyclic amines) is 1. The van der Waals surface area contributed by atoms with Crippen LogP contribution in [0.15, 0.2) is 23.2 Å². The first-order chi connectivity index (χ1) is 12.5. The van der Waals surface area contributed by atoms with E-state index in [0.29, 0.717) is 23.6 Å². The van der Waals surface area contributed by atoms with Crippen LogP contribution in [0.3, 0.4) is 0 Å². The molecule has 26 heavy (non-hydrogen) atoms. The number of benzene rings is 1. The molecule has 2 aliphatic rings. The largest absolute Gasteiger partial charge is 0.370 e. The molecule has 0 radical (unpaired) electrons. The molecule has 142 valence electrons. The van der Waals surface area contributed by atoms with Gasteiger partial charge in [0, 0.05) is 48.6 Å². The highest BCUT2D eigenvalue weighted by atomic mass is 35.5. The average Bonchev–Trinajstić information content (AvgIpc) is 3.33. The van der Waals surface area contributed by atoms with Gasteiger partial charge in [0.25, 0.3) is 0 Å². The van der Waals surface area contributed by atoms with E-state index >= 15 is 0 Å². The Kier molecular flexibility index (Phi) is 6.01. The van der Waals surface area contributed by atoms with Gasteiger partial charge >= 0.3 is 0 Å². The maximum Gasteiger partial charge on any atom is 0.217 e. The molecule has 2 fully saturated rings. The molecule has 3 N–H and O–H groups in total. The number of carbonyl (C=O) groups is 1. The minimum absolute atomic E-state index is 0.0666. The van der Waals surface area contributed by atoms with Gasteiger partial charge in [-0.25, -0.2) is 4.39 Å². The summed E-state index contributed by atoms with van der Waals surface area (Å²) in [5.74, 6) is 0.662. The van der Waals surface area contributed by atoms with Crippen molar-refractivity contribution in [3.63, 3.8) is 0 Å². The lowest BCUT2D eigenvalue weighted by Gasteiger charge is -2.35. The van der Waals surface area contributed by atoms with E-state index in [1.807, 2.05) is 6.92 Å². The molecule has 1 aromatic carbocycles. The van der Waals surface area contributed by atoms with Crippen LogP contribution in [0.1, 0.15) is 44.1 Å². The Morgan fingerprint density at radius 1 is 1.50 bits per heavy atom. The molecule has 7 heteroatoms. The first-order valence-corrected chi connectivity index (χ1v) is 9.65. The molecule has 5 nitrogen and oxygen atoms in total. The highest BCUT2D eigenvalue weighted by Crippen LogP contribution is 2.45. The smallest absolute Gasteiger partial charge is 0.217 e. The second-order valence-electron chi connectivity index (χ2n) is 7.15. The lowest BCUT2D eigenvalue weighted by Crippen LogP contribution is -2.48. The van der Waals surface area contributed by atoms with Crippen molar-refractivity contribution in [1.29, 1.82) is 0 Å². The van der Waals surface area contributed by atoms with Crippen molar-refractivity contribution in [2.45, 2.75) is 44.6 Å². The van der Waals surface area contributed by atoms with Crippen LogP contribution in [0.25, 0.3) is 0 Å². The number of aliphatic imine (C=N–C) groups is 1. The highest BCUT2D eigenvalue weighted by molar-refractivity contribution is 6.31. The molecule has 1 aromatic rings. The van der Waals surface area contributed by atoms with E-state index in [2.05, 4.69) is 15.2 Å². The number of guanidine groups is 1. The molecule has 1 aliphatic carbocycles. The number of halogens is 2. The number of hydrogen-bond acceptors (Lipinski definition) is 2. The summed E-state index contributed by atoms with van der Waals surface area (Å²) < 4.78 is 14.1. The standard InChI is InChI=1S/C19H26ClFN4O/c1-2-23-19(25-8-4-5-12(11-25)9-17(22)26)24-16-10-13(16)18-14(20)6-3-7-15(18)21/h3,6-7,12-13,16H,2,4-5,8-11H2,1H3,(H2,22,26)(H,23,24). The summed E-state index contributed by atoms with van der Waals surface area (Å²) in [6, 6.07) is 4.94. The lowest BCUT2D eigenvalue weighted by molar-refractivity contribution is -0.119. The Morgan fingerprint density at radius 2 is 2.31 bits per heavy atom. The van der Waals surface area contributed by atoms with Crippen LogP contribution >= 0.6 is 11.6 Å². The predicted molar refractivity (Wildman–Crippen MR) is 102 cm³/mol. The number of nitrogens with one attached hydrogen (secondary N) is 1. The van der Waals surface area contributed by atoms with Gasteiger partial charge in [0.15, 0.2) is 5.96 Å². The molecule has 1 amide bonds. The molecule has 1 saturated carbocycles. The van der Waals surface area contributed by atoms with Crippen LogP contribution in [0.2, 0.25) is 5.02 Å². The molecule has 0 aromatic heterocycles. The van der Waals surface area contributed by atoms with Crippen LogP contribution < -0.4 is 11.1 Å². The van der Waals surface area contributed by atoms with E-state index in [-0.39, 0.29) is 29.6 Å². The molecule has 3 atom stereocenters. The zero-order valence-corrected chi connectivity index (χ0v) is 15.8. The van der Waals surface area contributed by atoms with Gasteiger partial charge in [0.2, 0.25) is 5.91 Å². The zero-order valence-electron chi connectivity index (χ0n) is 15.0.